The summed E-state index contributed by atoms with van der Waals surface area (Å²) in [5.41, 5.74) is 7.69. The highest BCUT2D eigenvalue weighted by Gasteiger charge is 2.28. The summed E-state index contributed by atoms with van der Waals surface area (Å²) in [5, 5.41) is 3.27. The molecule has 1 aromatic heterocycles. The first-order valence-electron chi connectivity index (χ1n) is 12.0. The van der Waals surface area contributed by atoms with Crippen LogP contribution in [0.1, 0.15) is 43.5 Å². The summed E-state index contributed by atoms with van der Waals surface area (Å²) in [6.07, 6.45) is 6.09. The number of hydrogen-bond donors (Lipinski definition) is 2. The van der Waals surface area contributed by atoms with E-state index in [-0.39, 0.29) is 0 Å². The molecule has 0 amide bonds. The summed E-state index contributed by atoms with van der Waals surface area (Å²) in [6, 6.07) is 19.3. The van der Waals surface area contributed by atoms with Gasteiger partial charge in [-0.25, -0.2) is 4.98 Å². The van der Waals surface area contributed by atoms with Gasteiger partial charge >= 0.3 is 0 Å². The summed E-state index contributed by atoms with van der Waals surface area (Å²) < 4.78 is 0. The maximum atomic E-state index is 5.02. The van der Waals surface area contributed by atoms with Crippen LogP contribution in [0.2, 0.25) is 0 Å². The summed E-state index contributed by atoms with van der Waals surface area (Å²) in [7, 11) is 2.04. The third kappa shape index (κ3) is 4.43. The highest BCUT2D eigenvalue weighted by atomic mass is 15.1. The van der Waals surface area contributed by atoms with Crippen LogP contribution in [0.3, 0.4) is 0 Å². The number of fused-ring (bicyclic) bond motifs is 1. The van der Waals surface area contributed by atoms with E-state index >= 15 is 0 Å². The quantitative estimate of drug-likeness (QED) is 0.542. The van der Waals surface area contributed by atoms with Crippen LogP contribution in [0.4, 0.5) is 0 Å². The van der Waals surface area contributed by atoms with Gasteiger partial charge in [-0.2, -0.15) is 0 Å². The molecule has 5 rings (SSSR count). The fourth-order valence-corrected chi connectivity index (χ4v) is 5.25. The summed E-state index contributed by atoms with van der Waals surface area (Å²) in [4.78, 5) is 11.3. The molecule has 0 bridgehead atoms. The maximum absolute atomic E-state index is 5.02. The van der Waals surface area contributed by atoms with Crippen LogP contribution < -0.4 is 5.32 Å². The lowest BCUT2D eigenvalue weighted by atomic mass is 9.80. The number of likely N-dealkylation sites (tertiary alicyclic amines) is 1. The number of likely N-dealkylation sites (N-methyl/N-ethyl adjacent to an activating group) is 1. The lowest BCUT2D eigenvalue weighted by molar-refractivity contribution is 0.198. The number of nitrogens with one attached hydrogen (secondary N) is 2. The number of aromatic amines is 1. The van der Waals surface area contributed by atoms with Crippen molar-refractivity contribution in [2.24, 2.45) is 5.92 Å². The van der Waals surface area contributed by atoms with E-state index in [0.29, 0.717) is 11.8 Å². The number of aromatic nitrogens is 2. The Kier molecular flexibility index (Phi) is 6.24. The van der Waals surface area contributed by atoms with Crippen LogP contribution in [0.15, 0.2) is 60.2 Å². The average Bonchev–Trinajstić information content (AvgIpc) is 3.29. The lowest BCUT2D eigenvalue weighted by Gasteiger charge is -2.34. The van der Waals surface area contributed by atoms with Crippen LogP contribution in [0, 0.1) is 5.92 Å². The van der Waals surface area contributed by atoms with Crippen LogP contribution in [0.25, 0.3) is 28.6 Å². The normalized spacial score (nSPS) is 19.6. The highest BCUT2D eigenvalue weighted by molar-refractivity contribution is 5.69. The minimum Gasteiger partial charge on any atom is -0.341 e. The Morgan fingerprint density at radius 2 is 1.66 bits per heavy atom. The van der Waals surface area contributed by atoms with Crippen molar-refractivity contribution >= 4 is 6.08 Å². The number of imidazole rings is 1. The first-order valence-corrected chi connectivity index (χ1v) is 12.0. The minimum atomic E-state index is 0.497. The predicted octanol–water partition coefficient (Wildman–Crippen LogP) is 5.57. The summed E-state index contributed by atoms with van der Waals surface area (Å²) >= 11 is 0. The Labute approximate surface area is 191 Å². The number of allylic oxidation sites excluding steroid dienone is 1. The van der Waals surface area contributed by atoms with E-state index in [0.717, 1.165) is 36.6 Å². The number of hydrogen-bond acceptors (Lipinski definition) is 3. The molecular weight excluding hydrogens is 392 g/mol. The maximum Gasteiger partial charge on any atom is 0.138 e. The smallest absolute Gasteiger partial charge is 0.138 e. The number of H-pyrrole nitrogens is 1. The molecule has 32 heavy (non-hydrogen) atoms. The summed E-state index contributed by atoms with van der Waals surface area (Å²) in [5.74, 6) is 2.19. The van der Waals surface area contributed by atoms with Crippen molar-refractivity contribution in [3.63, 3.8) is 0 Å². The second kappa shape index (κ2) is 9.43. The zero-order valence-electron chi connectivity index (χ0n) is 19.3. The molecule has 3 aromatic rings. The number of piperidine rings is 1. The zero-order valence-corrected chi connectivity index (χ0v) is 19.3. The van der Waals surface area contributed by atoms with Gasteiger partial charge in [-0.05, 0) is 62.5 Å². The van der Waals surface area contributed by atoms with E-state index in [1.807, 2.05) is 7.05 Å². The van der Waals surface area contributed by atoms with Gasteiger partial charge in [-0.15, -0.1) is 0 Å². The molecule has 1 fully saturated rings. The SMILES string of the molecule is CNCCN1CCC(C2=Cc3nc(-c4ccc(-c5ccccc5)cc4)[nH]c3C(C)C2)CC1. The van der Waals surface area contributed by atoms with E-state index in [1.165, 1.54) is 42.8 Å². The molecule has 1 atom stereocenters. The number of rotatable bonds is 6. The molecule has 4 heteroatoms. The third-order valence-corrected chi connectivity index (χ3v) is 7.17. The molecule has 0 radical (unpaired) electrons. The van der Waals surface area contributed by atoms with Crippen molar-refractivity contribution in [2.75, 3.05) is 33.2 Å². The van der Waals surface area contributed by atoms with Crippen molar-refractivity contribution in [3.8, 4) is 22.5 Å². The Morgan fingerprint density at radius 1 is 0.969 bits per heavy atom. The van der Waals surface area contributed by atoms with Gasteiger partial charge in [0.05, 0.1) is 5.69 Å². The van der Waals surface area contributed by atoms with Crippen molar-refractivity contribution in [3.05, 3.63) is 71.6 Å². The molecule has 1 aliphatic carbocycles. The van der Waals surface area contributed by atoms with E-state index in [9.17, 15) is 0 Å². The van der Waals surface area contributed by atoms with Crippen molar-refractivity contribution in [2.45, 2.75) is 32.1 Å². The van der Waals surface area contributed by atoms with Crippen LogP contribution in [-0.4, -0.2) is 48.1 Å². The second-order valence-corrected chi connectivity index (χ2v) is 9.37. The fraction of sp³-hybridized carbons (Fsp3) is 0.393. The molecule has 2 heterocycles. The molecule has 2 N–H and O–H groups in total. The van der Waals surface area contributed by atoms with Gasteiger partial charge in [0.2, 0.25) is 0 Å². The fourth-order valence-electron chi connectivity index (χ4n) is 5.25. The van der Waals surface area contributed by atoms with Crippen LogP contribution >= 0.6 is 0 Å². The molecule has 0 saturated carbocycles. The monoisotopic (exact) mass is 426 g/mol. The van der Waals surface area contributed by atoms with E-state index < -0.39 is 0 Å². The van der Waals surface area contributed by atoms with E-state index in [4.69, 9.17) is 4.98 Å². The molecule has 1 aliphatic heterocycles. The Hall–Kier alpha value is -2.69. The first kappa shape index (κ1) is 21.2. The van der Waals surface area contributed by atoms with Gasteiger partial charge in [0.15, 0.2) is 0 Å². The predicted molar refractivity (Wildman–Crippen MR) is 134 cm³/mol. The van der Waals surface area contributed by atoms with Gasteiger partial charge in [-0.1, -0.05) is 67.1 Å². The molecule has 1 saturated heterocycles. The number of nitrogens with zero attached hydrogens (tertiary/aromatic N) is 2. The minimum absolute atomic E-state index is 0.497. The average molecular weight is 427 g/mol. The summed E-state index contributed by atoms with van der Waals surface area (Å²) in [6.45, 7) is 7.01. The molecule has 0 spiro atoms. The number of benzene rings is 2. The Morgan fingerprint density at radius 3 is 2.38 bits per heavy atom. The molecule has 166 valence electrons. The first-order chi connectivity index (χ1) is 15.7. The standard InChI is InChI=1S/C28H34N4/c1-20-18-25(23-12-15-32(16-13-23)17-14-29-2)19-26-27(20)31-28(30-26)24-10-8-22(9-11-24)21-6-4-3-5-7-21/h3-11,19-20,23,29H,12-18H2,1-2H3,(H,30,31). The molecular formula is C28H34N4. The van der Waals surface area contributed by atoms with Crippen molar-refractivity contribution in [1.82, 2.24) is 20.2 Å². The van der Waals surface area contributed by atoms with Gasteiger partial charge in [0.25, 0.3) is 0 Å². The van der Waals surface area contributed by atoms with E-state index in [1.54, 1.807) is 5.57 Å². The molecule has 2 aliphatic rings. The molecule has 2 aromatic carbocycles. The Balaban J connectivity index is 1.32. The van der Waals surface area contributed by atoms with Crippen molar-refractivity contribution < 1.29 is 0 Å². The van der Waals surface area contributed by atoms with E-state index in [2.05, 4.69) is 82.8 Å². The van der Waals surface area contributed by atoms with Gasteiger partial charge in [-0.3, -0.25) is 0 Å². The molecule has 1 unspecified atom stereocenters. The van der Waals surface area contributed by atoms with Gasteiger partial charge < -0.3 is 15.2 Å². The zero-order chi connectivity index (χ0) is 21.9. The van der Waals surface area contributed by atoms with Crippen LogP contribution in [0.5, 0.6) is 0 Å². The lowest BCUT2D eigenvalue weighted by Crippen LogP contribution is -2.38. The topological polar surface area (TPSA) is 44.0 Å². The van der Waals surface area contributed by atoms with Gasteiger partial charge in [0, 0.05) is 30.3 Å². The van der Waals surface area contributed by atoms with Crippen LogP contribution in [-0.2, 0) is 0 Å². The second-order valence-electron chi connectivity index (χ2n) is 9.37. The van der Waals surface area contributed by atoms with Crippen molar-refractivity contribution in [1.29, 1.82) is 0 Å². The highest BCUT2D eigenvalue weighted by Crippen LogP contribution is 2.39. The molecule has 4 nitrogen and oxygen atoms in total. The van der Waals surface area contributed by atoms with Gasteiger partial charge in [0.1, 0.15) is 5.82 Å². The largest absolute Gasteiger partial charge is 0.341 e. The third-order valence-electron chi connectivity index (χ3n) is 7.17. The Bertz CT molecular complexity index is 1060.